The molecule has 0 amide bonds. The standard InChI is InChI=1S/2C10H9N3O2.2Li/c2*1-13-5-3-8(12-13)7-2-4-11-9(6-7)10(14)15;;/h2*2-6H,1H3,(H,14,15);;/q;;2*+1/p-2. The summed E-state index contributed by atoms with van der Waals surface area (Å²) in [6, 6.07) is 9.89. The van der Waals surface area contributed by atoms with Gasteiger partial charge in [0.2, 0.25) is 0 Å². The minimum absolute atomic E-state index is 0. The van der Waals surface area contributed by atoms with Crippen molar-refractivity contribution in [3.8, 4) is 22.5 Å². The average Bonchev–Trinajstić information content (AvgIpc) is 3.37. The fraction of sp³-hybridized carbons (Fsp3) is 0.100. The van der Waals surface area contributed by atoms with Crippen LogP contribution in [0, 0.1) is 0 Å². The van der Waals surface area contributed by atoms with Crippen molar-refractivity contribution in [2.24, 2.45) is 14.1 Å². The summed E-state index contributed by atoms with van der Waals surface area (Å²) in [4.78, 5) is 28.5. The van der Waals surface area contributed by atoms with Crippen LogP contribution in [0.1, 0.15) is 21.0 Å². The summed E-state index contributed by atoms with van der Waals surface area (Å²) in [5.74, 6) is -2.57. The molecule has 0 saturated heterocycles. The molecule has 0 spiro atoms. The Bertz CT molecular complexity index is 1110. The van der Waals surface area contributed by atoms with E-state index >= 15 is 0 Å². The molecular weight excluding hydrogens is 402 g/mol. The molecule has 0 bridgehead atoms. The molecule has 4 aromatic heterocycles. The third-order valence-electron chi connectivity index (χ3n) is 3.96. The van der Waals surface area contributed by atoms with Crippen LogP contribution in [0.4, 0.5) is 0 Å². The summed E-state index contributed by atoms with van der Waals surface area (Å²) in [6.45, 7) is 0. The van der Waals surface area contributed by atoms with Crippen LogP contribution < -0.4 is 47.9 Å². The van der Waals surface area contributed by atoms with Crippen LogP contribution >= 0.6 is 0 Å². The second-order valence-corrected chi connectivity index (χ2v) is 6.18. The van der Waals surface area contributed by atoms with Crippen molar-refractivity contribution in [3.63, 3.8) is 0 Å². The van der Waals surface area contributed by atoms with E-state index in [-0.39, 0.29) is 49.1 Å². The van der Waals surface area contributed by atoms with Gasteiger partial charge >= 0.3 is 37.7 Å². The molecule has 4 heterocycles. The summed E-state index contributed by atoms with van der Waals surface area (Å²) in [5, 5.41) is 29.5. The van der Waals surface area contributed by atoms with E-state index in [1.165, 1.54) is 24.5 Å². The molecule has 0 radical (unpaired) electrons. The SMILES string of the molecule is Cn1ccc(-c2ccnc(C(=O)[O-])c2)n1.Cn1ccc(-c2ccnc(C(=O)[O-])c2)n1.[Li+].[Li+]. The van der Waals surface area contributed by atoms with Crippen LogP contribution in [0.5, 0.6) is 0 Å². The number of aryl methyl sites for hydroxylation is 2. The van der Waals surface area contributed by atoms with Crippen molar-refractivity contribution in [3.05, 3.63) is 72.6 Å². The molecule has 0 aliphatic carbocycles. The van der Waals surface area contributed by atoms with Crippen LogP contribution in [-0.2, 0) is 14.1 Å². The Morgan fingerprint density at radius 2 is 1.09 bits per heavy atom. The van der Waals surface area contributed by atoms with Crippen molar-refractivity contribution < 1.29 is 57.5 Å². The predicted molar refractivity (Wildman–Crippen MR) is 102 cm³/mol. The smallest absolute Gasteiger partial charge is 0.543 e. The monoisotopic (exact) mass is 418 g/mol. The van der Waals surface area contributed by atoms with Gasteiger partial charge in [-0.2, -0.15) is 10.2 Å². The van der Waals surface area contributed by atoms with Crippen molar-refractivity contribution in [1.82, 2.24) is 29.5 Å². The van der Waals surface area contributed by atoms with Gasteiger partial charge in [0.25, 0.3) is 0 Å². The predicted octanol–water partition coefficient (Wildman–Crippen LogP) is -6.30. The molecule has 0 aliphatic rings. The van der Waals surface area contributed by atoms with Crippen molar-refractivity contribution in [1.29, 1.82) is 0 Å². The Labute approximate surface area is 207 Å². The number of aromatic nitrogens is 6. The maximum absolute atomic E-state index is 10.6. The zero-order valence-corrected chi connectivity index (χ0v) is 18.1. The van der Waals surface area contributed by atoms with Gasteiger partial charge in [0.15, 0.2) is 0 Å². The fourth-order valence-electron chi connectivity index (χ4n) is 2.54. The van der Waals surface area contributed by atoms with E-state index in [0.717, 1.165) is 0 Å². The van der Waals surface area contributed by atoms with E-state index in [4.69, 9.17) is 0 Å². The second kappa shape index (κ2) is 12.0. The minimum Gasteiger partial charge on any atom is -0.543 e. The first-order chi connectivity index (χ1) is 14.3. The van der Waals surface area contributed by atoms with Crippen molar-refractivity contribution in [2.45, 2.75) is 0 Å². The molecule has 0 aliphatic heterocycles. The molecule has 10 nitrogen and oxygen atoms in total. The van der Waals surface area contributed by atoms with Crippen LogP contribution in [0.3, 0.4) is 0 Å². The number of rotatable bonds is 4. The van der Waals surface area contributed by atoms with Crippen LogP contribution in [0.2, 0.25) is 0 Å². The molecular formula is C20H16Li2N6O4. The maximum Gasteiger partial charge on any atom is 1.00 e. The number of carboxylic acids is 2. The first kappa shape index (κ1) is 26.9. The second-order valence-electron chi connectivity index (χ2n) is 6.18. The van der Waals surface area contributed by atoms with E-state index in [2.05, 4.69) is 20.2 Å². The van der Waals surface area contributed by atoms with Crippen LogP contribution in [0.15, 0.2) is 61.2 Å². The molecule has 0 fully saturated rings. The largest absolute Gasteiger partial charge is 1.00 e. The Balaban J connectivity index is 0.000000301. The molecule has 12 heteroatoms. The Morgan fingerprint density at radius 3 is 1.38 bits per heavy atom. The Morgan fingerprint density at radius 1 is 0.719 bits per heavy atom. The summed E-state index contributed by atoms with van der Waals surface area (Å²) in [5.41, 5.74) is 2.68. The molecule has 4 rings (SSSR count). The average molecular weight is 418 g/mol. The van der Waals surface area contributed by atoms with Gasteiger partial charge in [-0.25, -0.2) is 0 Å². The van der Waals surface area contributed by atoms with E-state index in [9.17, 15) is 19.8 Å². The number of carboxylic acid groups (broad SMARTS) is 2. The zero-order chi connectivity index (χ0) is 21.7. The van der Waals surface area contributed by atoms with E-state index in [1.54, 1.807) is 60.1 Å². The zero-order valence-electron chi connectivity index (χ0n) is 18.1. The van der Waals surface area contributed by atoms with Gasteiger partial charge < -0.3 is 19.8 Å². The molecule has 32 heavy (non-hydrogen) atoms. The third-order valence-corrected chi connectivity index (χ3v) is 3.96. The Kier molecular flexibility index (Phi) is 10.1. The fourth-order valence-corrected chi connectivity index (χ4v) is 2.54. The first-order valence-corrected chi connectivity index (χ1v) is 8.68. The maximum atomic E-state index is 10.6. The topological polar surface area (TPSA) is 142 Å². The summed E-state index contributed by atoms with van der Waals surface area (Å²) in [7, 11) is 3.59. The van der Waals surface area contributed by atoms with E-state index in [0.29, 0.717) is 22.5 Å². The number of pyridine rings is 2. The van der Waals surface area contributed by atoms with Gasteiger partial charge in [-0.15, -0.1) is 0 Å². The van der Waals surface area contributed by atoms with Gasteiger partial charge in [-0.1, -0.05) is 0 Å². The van der Waals surface area contributed by atoms with Gasteiger partial charge in [0.1, 0.15) is 0 Å². The third kappa shape index (κ3) is 6.94. The number of hydrogen-bond donors (Lipinski definition) is 0. The number of hydrogen-bond acceptors (Lipinski definition) is 8. The van der Waals surface area contributed by atoms with Crippen LogP contribution in [0.25, 0.3) is 22.5 Å². The van der Waals surface area contributed by atoms with Gasteiger partial charge in [0, 0.05) is 50.0 Å². The van der Waals surface area contributed by atoms with Crippen molar-refractivity contribution >= 4 is 11.9 Å². The van der Waals surface area contributed by atoms with Crippen LogP contribution in [-0.4, -0.2) is 41.5 Å². The van der Waals surface area contributed by atoms with E-state index < -0.39 is 11.9 Å². The normalized spacial score (nSPS) is 9.56. The summed E-state index contributed by atoms with van der Waals surface area (Å²) in [6.07, 6.45) is 6.42. The quantitative estimate of drug-likeness (QED) is 0.298. The molecule has 0 unspecified atom stereocenters. The van der Waals surface area contributed by atoms with Gasteiger partial charge in [-0.05, 0) is 36.4 Å². The molecule has 0 aromatic carbocycles. The van der Waals surface area contributed by atoms with Gasteiger partial charge in [0.05, 0.1) is 34.7 Å². The van der Waals surface area contributed by atoms with Crippen molar-refractivity contribution in [2.75, 3.05) is 0 Å². The molecule has 4 aromatic rings. The summed E-state index contributed by atoms with van der Waals surface area (Å²) >= 11 is 0. The number of nitrogens with zero attached hydrogens (tertiary/aromatic N) is 6. The molecule has 0 N–H and O–H groups in total. The number of aromatic carboxylic acids is 2. The van der Waals surface area contributed by atoms with Gasteiger partial charge in [-0.3, -0.25) is 19.3 Å². The first-order valence-electron chi connectivity index (χ1n) is 8.68. The Hall–Kier alpha value is -3.15. The molecule has 0 atom stereocenters. The van der Waals surface area contributed by atoms with E-state index in [1.807, 2.05) is 0 Å². The molecule has 0 saturated carbocycles. The number of carbonyl (C=O) groups excluding carboxylic acids is 2. The summed E-state index contributed by atoms with van der Waals surface area (Å²) < 4.78 is 3.29. The minimum atomic E-state index is -1.28. The number of carbonyl (C=O) groups is 2. The molecule has 152 valence electrons.